The highest BCUT2D eigenvalue weighted by molar-refractivity contribution is 9.10. The molecule has 0 aliphatic heterocycles. The summed E-state index contributed by atoms with van der Waals surface area (Å²) >= 11 is 23.4. The van der Waals surface area contributed by atoms with E-state index >= 15 is 0 Å². The molecule has 2 aromatic carbocycles. The van der Waals surface area contributed by atoms with Crippen LogP contribution in [-0.2, 0) is 4.79 Å². The fraction of sp³-hybridized carbons (Fsp3) is 0.158. The number of carbonyl (C=O) groups is 1. The number of aromatic nitrogens is 1. The maximum Gasteiger partial charge on any atom is 0.264 e. The van der Waals surface area contributed by atoms with Gasteiger partial charge in [0.1, 0.15) is 0 Å². The molecule has 4 nitrogen and oxygen atoms in total. The van der Waals surface area contributed by atoms with Crippen molar-refractivity contribution >= 4 is 73.1 Å². The lowest BCUT2D eigenvalue weighted by molar-refractivity contribution is -0.118. The molecule has 0 saturated carbocycles. The van der Waals surface area contributed by atoms with Crippen LogP contribution in [0.15, 0.2) is 34.1 Å². The first-order chi connectivity index (χ1) is 13.3. The Morgan fingerprint density at radius 3 is 2.32 bits per heavy atom. The van der Waals surface area contributed by atoms with Crippen molar-refractivity contribution in [1.82, 2.24) is 4.98 Å². The van der Waals surface area contributed by atoms with E-state index in [9.17, 15) is 4.79 Å². The fourth-order valence-corrected chi connectivity index (χ4v) is 4.24. The van der Waals surface area contributed by atoms with Crippen molar-refractivity contribution in [2.45, 2.75) is 13.8 Å². The Labute approximate surface area is 189 Å². The highest BCUT2D eigenvalue weighted by atomic mass is 79.9. The topological polar surface area (TPSA) is 51.2 Å². The molecular formula is C19H14BrCl3N2O2S. The van der Waals surface area contributed by atoms with Gasteiger partial charge in [-0.2, -0.15) is 0 Å². The van der Waals surface area contributed by atoms with E-state index < -0.39 is 0 Å². The number of hydrogen-bond donors (Lipinski definition) is 1. The lowest BCUT2D eigenvalue weighted by atomic mass is 10.1. The molecule has 3 rings (SSSR count). The molecular weight excluding hydrogens is 507 g/mol. The van der Waals surface area contributed by atoms with Crippen LogP contribution in [0, 0.1) is 13.8 Å². The van der Waals surface area contributed by atoms with Crippen LogP contribution in [0.5, 0.6) is 5.75 Å². The Kier molecular flexibility index (Phi) is 6.89. The van der Waals surface area contributed by atoms with Crippen LogP contribution >= 0.6 is 62.1 Å². The molecule has 0 unspecified atom stereocenters. The van der Waals surface area contributed by atoms with E-state index in [0.29, 0.717) is 31.3 Å². The van der Waals surface area contributed by atoms with Gasteiger partial charge in [0.15, 0.2) is 17.5 Å². The molecule has 28 heavy (non-hydrogen) atoms. The Hall–Kier alpha value is -1.31. The molecule has 0 fully saturated rings. The van der Waals surface area contributed by atoms with Crippen molar-refractivity contribution in [2.24, 2.45) is 0 Å². The summed E-state index contributed by atoms with van der Waals surface area (Å²) in [6.07, 6.45) is 0. The maximum atomic E-state index is 12.2. The van der Waals surface area contributed by atoms with Gasteiger partial charge in [0.2, 0.25) is 0 Å². The first-order valence-electron chi connectivity index (χ1n) is 8.05. The molecule has 0 atom stereocenters. The first-order valence-corrected chi connectivity index (χ1v) is 10.9. The van der Waals surface area contributed by atoms with E-state index in [1.165, 1.54) is 11.3 Å². The number of nitrogens with zero attached hydrogens (tertiary/aromatic N) is 1. The molecule has 1 N–H and O–H groups in total. The number of halogens is 4. The minimum absolute atomic E-state index is 0.243. The number of anilines is 1. The van der Waals surface area contributed by atoms with Crippen LogP contribution in [0.1, 0.15) is 11.1 Å². The van der Waals surface area contributed by atoms with Gasteiger partial charge < -0.3 is 4.74 Å². The SMILES string of the molecule is Cc1c(Cl)c(C)c(Cl)c(OCC(=O)Nc2nc(-c3ccc(Br)cc3)cs2)c1Cl. The zero-order valence-corrected chi connectivity index (χ0v) is 19.4. The Balaban J connectivity index is 1.67. The highest BCUT2D eigenvalue weighted by Gasteiger charge is 2.19. The molecule has 146 valence electrons. The monoisotopic (exact) mass is 518 g/mol. The van der Waals surface area contributed by atoms with Crippen LogP contribution in [0.2, 0.25) is 15.1 Å². The third kappa shape index (κ3) is 4.63. The lowest BCUT2D eigenvalue weighted by Crippen LogP contribution is -2.20. The van der Waals surface area contributed by atoms with Gasteiger partial charge in [-0.25, -0.2) is 4.98 Å². The van der Waals surface area contributed by atoms with Crippen molar-refractivity contribution in [3.05, 3.63) is 60.3 Å². The Bertz CT molecular complexity index is 1010. The summed E-state index contributed by atoms with van der Waals surface area (Å²) < 4.78 is 6.55. The van der Waals surface area contributed by atoms with E-state index in [1.807, 2.05) is 29.6 Å². The largest absolute Gasteiger partial charge is 0.481 e. The number of benzene rings is 2. The van der Waals surface area contributed by atoms with Crippen LogP contribution < -0.4 is 10.1 Å². The second kappa shape index (κ2) is 9.01. The van der Waals surface area contributed by atoms with Crippen LogP contribution in [0.25, 0.3) is 11.3 Å². The Morgan fingerprint density at radius 2 is 1.71 bits per heavy atom. The first kappa shape index (κ1) is 21.4. The van der Waals surface area contributed by atoms with Gasteiger partial charge in [0.05, 0.1) is 15.7 Å². The molecule has 1 aromatic heterocycles. The van der Waals surface area contributed by atoms with E-state index in [4.69, 9.17) is 39.5 Å². The zero-order chi connectivity index (χ0) is 20.4. The minimum Gasteiger partial charge on any atom is -0.481 e. The average molecular weight is 521 g/mol. The summed E-state index contributed by atoms with van der Waals surface area (Å²) in [7, 11) is 0. The van der Waals surface area contributed by atoms with Gasteiger partial charge >= 0.3 is 0 Å². The van der Waals surface area contributed by atoms with Gasteiger partial charge in [-0.15, -0.1) is 11.3 Å². The molecule has 0 bridgehead atoms. The molecule has 0 spiro atoms. The van der Waals surface area contributed by atoms with Crippen LogP contribution in [0.3, 0.4) is 0 Å². The maximum absolute atomic E-state index is 12.2. The predicted molar refractivity (Wildman–Crippen MR) is 120 cm³/mol. The number of amides is 1. The van der Waals surface area contributed by atoms with Crippen LogP contribution in [0.4, 0.5) is 5.13 Å². The summed E-state index contributed by atoms with van der Waals surface area (Å²) in [5.41, 5.74) is 3.05. The van der Waals surface area contributed by atoms with Gasteiger partial charge in [-0.1, -0.05) is 62.9 Å². The van der Waals surface area contributed by atoms with Crippen molar-refractivity contribution in [3.8, 4) is 17.0 Å². The number of hydrogen-bond acceptors (Lipinski definition) is 4. The average Bonchev–Trinajstić information content (AvgIpc) is 3.13. The number of thiazole rings is 1. The zero-order valence-electron chi connectivity index (χ0n) is 14.8. The van der Waals surface area contributed by atoms with Gasteiger partial charge in [-0.3, -0.25) is 10.1 Å². The second-order valence-electron chi connectivity index (χ2n) is 5.90. The third-order valence-corrected chi connectivity index (χ3v) is 6.72. The molecule has 0 aliphatic rings. The van der Waals surface area contributed by atoms with Crippen molar-refractivity contribution in [2.75, 3.05) is 11.9 Å². The van der Waals surface area contributed by atoms with Gasteiger partial charge in [0, 0.05) is 20.4 Å². The van der Waals surface area contributed by atoms with E-state index in [2.05, 4.69) is 26.2 Å². The fourth-order valence-electron chi connectivity index (χ4n) is 2.42. The van der Waals surface area contributed by atoms with E-state index in [0.717, 1.165) is 15.7 Å². The third-order valence-electron chi connectivity index (χ3n) is 3.95. The molecule has 3 aromatic rings. The second-order valence-corrected chi connectivity index (χ2v) is 8.81. The van der Waals surface area contributed by atoms with E-state index in [1.54, 1.807) is 13.8 Å². The molecule has 1 amide bonds. The van der Waals surface area contributed by atoms with Crippen molar-refractivity contribution in [1.29, 1.82) is 0 Å². The Morgan fingerprint density at radius 1 is 1.11 bits per heavy atom. The van der Waals surface area contributed by atoms with Gasteiger partial charge in [0.25, 0.3) is 5.91 Å². The van der Waals surface area contributed by atoms with Crippen molar-refractivity contribution in [3.63, 3.8) is 0 Å². The molecule has 1 heterocycles. The summed E-state index contributed by atoms with van der Waals surface area (Å²) in [5, 5.41) is 6.13. The summed E-state index contributed by atoms with van der Waals surface area (Å²) in [4.78, 5) is 16.7. The number of carbonyl (C=O) groups excluding carboxylic acids is 1. The number of ether oxygens (including phenoxy) is 1. The smallest absolute Gasteiger partial charge is 0.264 e. The summed E-state index contributed by atoms with van der Waals surface area (Å²) in [6.45, 7) is 3.27. The van der Waals surface area contributed by atoms with Crippen molar-refractivity contribution < 1.29 is 9.53 Å². The quantitative estimate of drug-likeness (QED) is 0.388. The van der Waals surface area contributed by atoms with E-state index in [-0.39, 0.29) is 18.3 Å². The summed E-state index contributed by atoms with van der Waals surface area (Å²) in [6, 6.07) is 7.76. The molecule has 9 heteroatoms. The number of rotatable bonds is 5. The normalized spacial score (nSPS) is 10.8. The van der Waals surface area contributed by atoms with Gasteiger partial charge in [-0.05, 0) is 37.1 Å². The predicted octanol–water partition coefficient (Wildman–Crippen LogP) is 7.17. The standard InChI is InChI=1S/C19H14BrCl3N2O2S/c1-9-15(21)10(2)17(23)18(16(9)22)27-7-14(26)25-19-24-13(8-28-19)11-3-5-12(20)6-4-11/h3-6,8H,7H2,1-2H3,(H,24,25,26). The minimum atomic E-state index is -0.367. The highest BCUT2D eigenvalue weighted by Crippen LogP contribution is 2.42. The number of nitrogens with one attached hydrogen (secondary N) is 1. The molecule has 0 radical (unpaired) electrons. The molecule has 0 aliphatic carbocycles. The lowest BCUT2D eigenvalue weighted by Gasteiger charge is -2.15. The summed E-state index contributed by atoms with van der Waals surface area (Å²) in [5.74, 6) is -0.123. The van der Waals surface area contributed by atoms with Crippen LogP contribution in [-0.4, -0.2) is 17.5 Å². The molecule has 0 saturated heterocycles.